The van der Waals surface area contributed by atoms with Gasteiger partial charge in [0.05, 0.1) is 14.2 Å². The van der Waals surface area contributed by atoms with E-state index in [1.807, 2.05) is 42.5 Å². The first-order valence-electron chi connectivity index (χ1n) is 8.89. The van der Waals surface area contributed by atoms with Crippen molar-refractivity contribution in [2.45, 2.75) is 31.2 Å². The number of ether oxygens (including phenoxy) is 4. The predicted octanol–water partition coefficient (Wildman–Crippen LogP) is 4.74. The second-order valence-electron chi connectivity index (χ2n) is 7.18. The monoisotopic (exact) mass is 352 g/mol. The summed E-state index contributed by atoms with van der Waals surface area (Å²) in [6, 6.07) is 15.9. The van der Waals surface area contributed by atoms with Gasteiger partial charge in [0, 0.05) is 12.0 Å². The van der Waals surface area contributed by atoms with E-state index in [1.54, 1.807) is 14.2 Å². The smallest absolute Gasteiger partial charge is 0.238 e. The minimum absolute atomic E-state index is 0.403. The maximum Gasteiger partial charge on any atom is 0.238 e. The van der Waals surface area contributed by atoms with Gasteiger partial charge in [0.15, 0.2) is 5.60 Å². The average Bonchev–Trinajstić information content (AvgIpc) is 2.89. The van der Waals surface area contributed by atoms with Crippen molar-refractivity contribution >= 4 is 0 Å². The van der Waals surface area contributed by atoms with Crippen LogP contribution in [0.2, 0.25) is 0 Å². The molecule has 26 heavy (non-hydrogen) atoms. The zero-order valence-corrected chi connectivity index (χ0v) is 15.5. The fourth-order valence-corrected chi connectivity index (χ4v) is 4.21. The Hall–Kier alpha value is -2.46. The Balaban J connectivity index is 1.82. The van der Waals surface area contributed by atoms with Gasteiger partial charge in [-0.15, -0.1) is 0 Å². The molecule has 3 atom stereocenters. The molecule has 0 radical (unpaired) electrons. The van der Waals surface area contributed by atoms with Gasteiger partial charge in [0.25, 0.3) is 0 Å². The van der Waals surface area contributed by atoms with Crippen LogP contribution in [0.5, 0.6) is 11.5 Å². The molecule has 2 aliphatic rings. The van der Waals surface area contributed by atoms with Gasteiger partial charge in [0.2, 0.25) is 5.79 Å². The molecule has 2 heterocycles. The van der Waals surface area contributed by atoms with E-state index in [2.05, 4.69) is 19.6 Å². The van der Waals surface area contributed by atoms with Crippen molar-refractivity contribution in [2.75, 3.05) is 14.2 Å². The van der Waals surface area contributed by atoms with Crippen LogP contribution in [0.15, 0.2) is 60.9 Å². The number of methoxy groups -OCH3 is 2. The number of rotatable bonds is 4. The van der Waals surface area contributed by atoms with Crippen molar-refractivity contribution in [3.8, 4) is 11.5 Å². The molecule has 0 saturated carbocycles. The van der Waals surface area contributed by atoms with Crippen LogP contribution in [-0.2, 0) is 20.9 Å². The van der Waals surface area contributed by atoms with E-state index >= 15 is 0 Å². The third-order valence-corrected chi connectivity index (χ3v) is 5.38. The van der Waals surface area contributed by atoms with E-state index in [0.717, 1.165) is 35.5 Å². The molecule has 2 aliphatic heterocycles. The van der Waals surface area contributed by atoms with Crippen LogP contribution < -0.4 is 9.47 Å². The van der Waals surface area contributed by atoms with Crippen molar-refractivity contribution in [1.82, 2.24) is 0 Å². The molecule has 0 unspecified atom stereocenters. The zero-order valence-electron chi connectivity index (χ0n) is 15.5. The van der Waals surface area contributed by atoms with Crippen LogP contribution in [0.4, 0.5) is 0 Å². The highest BCUT2D eigenvalue weighted by atomic mass is 16.8. The molecule has 0 N–H and O–H groups in total. The van der Waals surface area contributed by atoms with Crippen molar-refractivity contribution in [3.63, 3.8) is 0 Å². The first-order valence-corrected chi connectivity index (χ1v) is 8.89. The first-order chi connectivity index (χ1) is 12.5. The van der Waals surface area contributed by atoms with Gasteiger partial charge in [-0.3, -0.25) is 0 Å². The Bertz CT molecular complexity index is 846. The van der Waals surface area contributed by atoms with Crippen LogP contribution >= 0.6 is 0 Å². The highest BCUT2D eigenvalue weighted by Crippen LogP contribution is 2.60. The largest absolute Gasteiger partial charge is 0.497 e. The summed E-state index contributed by atoms with van der Waals surface area (Å²) in [5.41, 5.74) is 1.29. The summed E-state index contributed by atoms with van der Waals surface area (Å²) in [4.78, 5) is 0. The fourth-order valence-electron chi connectivity index (χ4n) is 4.21. The molecule has 4 rings (SSSR count). The first kappa shape index (κ1) is 17.0. The Kier molecular flexibility index (Phi) is 3.96. The van der Waals surface area contributed by atoms with E-state index in [1.165, 1.54) is 0 Å². The van der Waals surface area contributed by atoms with Crippen LogP contribution in [0.25, 0.3) is 0 Å². The molecule has 4 nitrogen and oxygen atoms in total. The minimum Gasteiger partial charge on any atom is -0.497 e. The van der Waals surface area contributed by atoms with Gasteiger partial charge in [-0.25, -0.2) is 0 Å². The standard InChI is InChI=1S/C22H24O4/c1-15-13-21(17-7-5-9-19(11-17)23-3)16(2)25-22(14-15,26-21)18-8-6-10-20(12-18)24-4/h5-12,15H,2,13-14H2,1,3-4H3/t15-,21+,22-/m1/s1. The van der Waals surface area contributed by atoms with Gasteiger partial charge in [-0.05, 0) is 42.2 Å². The number of hydrogen-bond donors (Lipinski definition) is 0. The summed E-state index contributed by atoms with van der Waals surface area (Å²) in [7, 11) is 3.33. The van der Waals surface area contributed by atoms with Crippen molar-refractivity contribution < 1.29 is 18.9 Å². The molecule has 2 bridgehead atoms. The summed E-state index contributed by atoms with van der Waals surface area (Å²) < 4.78 is 23.8. The topological polar surface area (TPSA) is 36.9 Å². The normalized spacial score (nSPS) is 30.0. The number of benzene rings is 2. The summed E-state index contributed by atoms with van der Waals surface area (Å²) in [6.07, 6.45) is 1.59. The molecular formula is C22H24O4. The second-order valence-corrected chi connectivity index (χ2v) is 7.18. The fraction of sp³-hybridized carbons (Fsp3) is 0.364. The molecule has 0 aromatic heterocycles. The lowest BCUT2D eigenvalue weighted by atomic mass is 9.79. The maximum atomic E-state index is 6.69. The Morgan fingerprint density at radius 3 is 2.23 bits per heavy atom. The lowest BCUT2D eigenvalue weighted by Crippen LogP contribution is -2.41. The lowest BCUT2D eigenvalue weighted by Gasteiger charge is -2.40. The van der Waals surface area contributed by atoms with Crippen LogP contribution in [-0.4, -0.2) is 14.2 Å². The molecule has 2 aromatic rings. The third kappa shape index (κ3) is 2.48. The Morgan fingerprint density at radius 2 is 1.58 bits per heavy atom. The van der Waals surface area contributed by atoms with Crippen LogP contribution in [0, 0.1) is 5.92 Å². The zero-order chi connectivity index (χ0) is 18.4. The summed E-state index contributed by atoms with van der Waals surface area (Å²) in [5.74, 6) is 1.79. The highest BCUT2D eigenvalue weighted by molar-refractivity contribution is 5.41. The Labute approximate surface area is 154 Å². The average molecular weight is 352 g/mol. The van der Waals surface area contributed by atoms with Gasteiger partial charge < -0.3 is 18.9 Å². The summed E-state index contributed by atoms with van der Waals surface area (Å²) in [5, 5.41) is 0. The number of fused-ring (bicyclic) bond motifs is 2. The molecule has 2 fully saturated rings. The van der Waals surface area contributed by atoms with Crippen molar-refractivity contribution in [2.24, 2.45) is 5.92 Å². The second kappa shape index (κ2) is 6.06. The van der Waals surface area contributed by atoms with Crippen molar-refractivity contribution in [1.29, 1.82) is 0 Å². The predicted molar refractivity (Wildman–Crippen MR) is 99.1 cm³/mol. The van der Waals surface area contributed by atoms with E-state index in [-0.39, 0.29) is 0 Å². The molecule has 0 spiro atoms. The summed E-state index contributed by atoms with van der Waals surface area (Å²) >= 11 is 0. The summed E-state index contributed by atoms with van der Waals surface area (Å²) in [6.45, 7) is 6.46. The Morgan fingerprint density at radius 1 is 0.962 bits per heavy atom. The van der Waals surface area contributed by atoms with E-state index in [9.17, 15) is 0 Å². The maximum absolute atomic E-state index is 6.69. The quantitative estimate of drug-likeness (QED) is 0.796. The van der Waals surface area contributed by atoms with Gasteiger partial charge in [-0.2, -0.15) is 0 Å². The van der Waals surface area contributed by atoms with E-state index in [4.69, 9.17) is 18.9 Å². The minimum atomic E-state index is -0.841. The van der Waals surface area contributed by atoms with E-state index < -0.39 is 11.4 Å². The third-order valence-electron chi connectivity index (χ3n) is 5.38. The lowest BCUT2D eigenvalue weighted by molar-refractivity contribution is -0.234. The van der Waals surface area contributed by atoms with E-state index in [0.29, 0.717) is 11.7 Å². The van der Waals surface area contributed by atoms with Gasteiger partial charge in [0.1, 0.15) is 17.3 Å². The SMILES string of the molecule is C=C1O[C@]2(c3cccc(OC)c3)C[C@H](C)C[C@]1(c1cccc(OC)c1)O2. The van der Waals surface area contributed by atoms with Gasteiger partial charge in [-0.1, -0.05) is 37.8 Å². The van der Waals surface area contributed by atoms with Gasteiger partial charge >= 0.3 is 0 Å². The molecule has 0 amide bonds. The molecule has 2 aromatic carbocycles. The highest BCUT2D eigenvalue weighted by Gasteiger charge is 2.60. The van der Waals surface area contributed by atoms with Crippen molar-refractivity contribution in [3.05, 3.63) is 72.0 Å². The molecule has 2 saturated heterocycles. The van der Waals surface area contributed by atoms with Crippen LogP contribution in [0.1, 0.15) is 30.9 Å². The van der Waals surface area contributed by atoms with Crippen LogP contribution in [0.3, 0.4) is 0 Å². The molecule has 0 aliphatic carbocycles. The molecule has 136 valence electrons. The molecular weight excluding hydrogens is 328 g/mol. The molecule has 4 heteroatoms. The number of hydrogen-bond acceptors (Lipinski definition) is 4.